The van der Waals surface area contributed by atoms with E-state index in [-0.39, 0.29) is 17.3 Å². The van der Waals surface area contributed by atoms with Crippen LogP contribution in [0.5, 0.6) is 11.5 Å². The minimum Gasteiger partial charge on any atom is -0.508 e. The molecule has 0 saturated heterocycles. The molecule has 0 aliphatic carbocycles. The molecule has 0 aliphatic rings. The zero-order valence-electron chi connectivity index (χ0n) is 7.10. The maximum Gasteiger partial charge on any atom is 0.308 e. The van der Waals surface area contributed by atoms with Gasteiger partial charge in [-0.1, -0.05) is 6.07 Å². The fourth-order valence-electron chi connectivity index (χ4n) is 0.741. The minimum atomic E-state index is -3.50. The van der Waals surface area contributed by atoms with E-state index >= 15 is 0 Å². The van der Waals surface area contributed by atoms with Crippen molar-refractivity contribution in [2.45, 2.75) is 6.92 Å². The summed E-state index contributed by atoms with van der Waals surface area (Å²) in [6.45, 7) is 1.48. The Kier molecular flexibility index (Phi) is 2.77. The Morgan fingerprint density at radius 3 is 2.69 bits per heavy atom. The average molecular weight is 202 g/mol. The van der Waals surface area contributed by atoms with E-state index in [1.165, 1.54) is 31.2 Å². The Balaban J connectivity index is 2.87. The van der Waals surface area contributed by atoms with Gasteiger partial charge in [-0.15, -0.1) is 0 Å². The maximum atomic E-state index is 11.0. The predicted molar refractivity (Wildman–Crippen MR) is 48.2 cm³/mol. The number of hydrogen-bond donors (Lipinski definition) is 1. The predicted octanol–water partition coefficient (Wildman–Crippen LogP) is 1.12. The summed E-state index contributed by atoms with van der Waals surface area (Å²) < 4.78 is 26.6. The first-order valence-corrected chi connectivity index (χ1v) is 5.32. The summed E-state index contributed by atoms with van der Waals surface area (Å²) >= 11 is 0. The van der Waals surface area contributed by atoms with Crippen LogP contribution in [0.4, 0.5) is 0 Å². The van der Waals surface area contributed by atoms with Crippen LogP contribution in [-0.4, -0.2) is 19.3 Å². The second-order valence-electron chi connectivity index (χ2n) is 2.43. The van der Waals surface area contributed by atoms with Gasteiger partial charge in [0.25, 0.3) is 0 Å². The summed E-state index contributed by atoms with van der Waals surface area (Å²) in [4.78, 5) is 0. The molecule has 0 bridgehead atoms. The van der Waals surface area contributed by atoms with E-state index in [9.17, 15) is 8.42 Å². The van der Waals surface area contributed by atoms with Gasteiger partial charge in [-0.2, -0.15) is 8.42 Å². The quantitative estimate of drug-likeness (QED) is 0.746. The van der Waals surface area contributed by atoms with E-state index in [1.807, 2.05) is 0 Å². The number of phenols is 1. The topological polar surface area (TPSA) is 63.6 Å². The van der Waals surface area contributed by atoms with Gasteiger partial charge in [0.05, 0.1) is 5.75 Å². The minimum absolute atomic E-state index is 0.0243. The van der Waals surface area contributed by atoms with E-state index in [1.54, 1.807) is 0 Å². The van der Waals surface area contributed by atoms with Crippen LogP contribution in [0.3, 0.4) is 0 Å². The van der Waals surface area contributed by atoms with Crippen molar-refractivity contribution in [2.75, 3.05) is 5.75 Å². The number of aromatic hydroxyl groups is 1. The van der Waals surface area contributed by atoms with E-state index in [0.717, 1.165) is 0 Å². The van der Waals surface area contributed by atoms with Crippen LogP contribution in [0.25, 0.3) is 0 Å². The molecule has 1 aromatic rings. The molecule has 0 radical (unpaired) electrons. The Morgan fingerprint density at radius 1 is 1.46 bits per heavy atom. The summed E-state index contributed by atoms with van der Waals surface area (Å²) in [5.41, 5.74) is 0. The number of benzene rings is 1. The Morgan fingerprint density at radius 2 is 2.15 bits per heavy atom. The standard InChI is InChI=1S/C8H10O4S/c1-2-13(10,11)12-8-5-3-4-7(9)6-8/h3-6,9H,2H2,1H3. The molecule has 13 heavy (non-hydrogen) atoms. The average Bonchev–Trinajstić information content (AvgIpc) is 2.03. The van der Waals surface area contributed by atoms with E-state index in [4.69, 9.17) is 5.11 Å². The molecule has 0 unspecified atom stereocenters. The fraction of sp³-hybridized carbons (Fsp3) is 0.250. The fourth-order valence-corrected chi connectivity index (χ4v) is 1.26. The summed E-state index contributed by atoms with van der Waals surface area (Å²) in [6, 6.07) is 5.65. The van der Waals surface area contributed by atoms with Gasteiger partial charge in [-0.3, -0.25) is 0 Å². The summed E-state index contributed by atoms with van der Waals surface area (Å²) in [5, 5.41) is 9.01. The zero-order valence-corrected chi connectivity index (χ0v) is 7.91. The highest BCUT2D eigenvalue weighted by Gasteiger charge is 2.08. The van der Waals surface area contributed by atoms with Crippen molar-refractivity contribution >= 4 is 10.1 Å². The normalized spacial score (nSPS) is 11.2. The molecule has 1 rings (SSSR count). The van der Waals surface area contributed by atoms with Crippen molar-refractivity contribution in [1.82, 2.24) is 0 Å². The third kappa shape index (κ3) is 2.95. The molecule has 0 amide bonds. The molecule has 1 N–H and O–H groups in total. The monoisotopic (exact) mass is 202 g/mol. The van der Waals surface area contributed by atoms with Crippen LogP contribution in [0, 0.1) is 0 Å². The Bertz CT molecular complexity index is 383. The summed E-state index contributed by atoms with van der Waals surface area (Å²) in [7, 11) is -3.50. The van der Waals surface area contributed by atoms with Gasteiger partial charge in [-0.25, -0.2) is 0 Å². The SMILES string of the molecule is CCS(=O)(=O)Oc1cccc(O)c1. The molecular formula is C8H10O4S. The van der Waals surface area contributed by atoms with Crippen LogP contribution in [-0.2, 0) is 10.1 Å². The molecule has 0 atom stereocenters. The van der Waals surface area contributed by atoms with Gasteiger partial charge in [0, 0.05) is 6.07 Å². The molecule has 0 aliphatic heterocycles. The number of phenolic OH excluding ortho intramolecular Hbond substituents is 1. The van der Waals surface area contributed by atoms with Gasteiger partial charge >= 0.3 is 10.1 Å². The first-order chi connectivity index (χ1) is 6.03. The van der Waals surface area contributed by atoms with Crippen LogP contribution >= 0.6 is 0 Å². The van der Waals surface area contributed by atoms with Gasteiger partial charge in [-0.05, 0) is 19.1 Å². The van der Waals surface area contributed by atoms with Gasteiger partial charge < -0.3 is 9.29 Å². The zero-order chi connectivity index (χ0) is 9.90. The van der Waals surface area contributed by atoms with Crippen LogP contribution < -0.4 is 4.18 Å². The molecular weight excluding hydrogens is 192 g/mol. The lowest BCUT2D eigenvalue weighted by Crippen LogP contribution is -2.11. The highest BCUT2D eigenvalue weighted by Crippen LogP contribution is 2.19. The van der Waals surface area contributed by atoms with Crippen molar-refractivity contribution in [2.24, 2.45) is 0 Å². The lowest BCUT2D eigenvalue weighted by molar-refractivity contribution is 0.464. The molecule has 4 nitrogen and oxygen atoms in total. The van der Waals surface area contributed by atoms with Crippen molar-refractivity contribution in [3.63, 3.8) is 0 Å². The van der Waals surface area contributed by atoms with Crippen molar-refractivity contribution in [3.8, 4) is 11.5 Å². The van der Waals surface area contributed by atoms with Crippen LogP contribution in [0.2, 0.25) is 0 Å². The first kappa shape index (κ1) is 9.85. The smallest absolute Gasteiger partial charge is 0.308 e. The van der Waals surface area contributed by atoms with E-state index in [0.29, 0.717) is 0 Å². The molecule has 1 aromatic carbocycles. The molecule has 0 heterocycles. The van der Waals surface area contributed by atoms with Crippen LogP contribution in [0.1, 0.15) is 6.92 Å². The summed E-state index contributed by atoms with van der Waals surface area (Å²) in [6.07, 6.45) is 0. The van der Waals surface area contributed by atoms with Crippen molar-refractivity contribution in [3.05, 3.63) is 24.3 Å². The molecule has 72 valence electrons. The third-order valence-electron chi connectivity index (χ3n) is 1.39. The maximum absolute atomic E-state index is 11.0. The number of hydrogen-bond acceptors (Lipinski definition) is 4. The van der Waals surface area contributed by atoms with Crippen LogP contribution in [0.15, 0.2) is 24.3 Å². The molecule has 0 saturated carbocycles. The highest BCUT2D eigenvalue weighted by atomic mass is 32.2. The van der Waals surface area contributed by atoms with Crippen molar-refractivity contribution < 1.29 is 17.7 Å². The largest absolute Gasteiger partial charge is 0.508 e. The second-order valence-corrected chi connectivity index (χ2v) is 4.29. The van der Waals surface area contributed by atoms with Gasteiger partial charge in [0.2, 0.25) is 0 Å². The number of rotatable bonds is 3. The Hall–Kier alpha value is -1.23. The highest BCUT2D eigenvalue weighted by molar-refractivity contribution is 7.87. The lowest BCUT2D eigenvalue weighted by Gasteiger charge is -2.04. The summed E-state index contributed by atoms with van der Waals surface area (Å²) in [5.74, 6) is 0.00787. The molecule has 0 aromatic heterocycles. The lowest BCUT2D eigenvalue weighted by atomic mass is 10.3. The van der Waals surface area contributed by atoms with Gasteiger partial charge in [0.15, 0.2) is 0 Å². The van der Waals surface area contributed by atoms with E-state index < -0.39 is 10.1 Å². The third-order valence-corrected chi connectivity index (χ3v) is 2.55. The van der Waals surface area contributed by atoms with Crippen molar-refractivity contribution in [1.29, 1.82) is 0 Å². The second kappa shape index (κ2) is 3.66. The van der Waals surface area contributed by atoms with Gasteiger partial charge in [0.1, 0.15) is 11.5 Å². The first-order valence-electron chi connectivity index (χ1n) is 3.74. The molecule has 0 spiro atoms. The Labute approximate surface area is 76.9 Å². The molecule has 0 fully saturated rings. The van der Waals surface area contributed by atoms with E-state index in [2.05, 4.69) is 4.18 Å². The molecule has 5 heteroatoms.